The molecular formula is C14H22O3. The predicted molar refractivity (Wildman–Crippen MR) is 66.5 cm³/mol. The van der Waals surface area contributed by atoms with Gasteiger partial charge < -0.3 is 9.84 Å². The summed E-state index contributed by atoms with van der Waals surface area (Å²) in [5, 5.41) is 9.17. The van der Waals surface area contributed by atoms with Crippen LogP contribution in [0.15, 0.2) is 0 Å². The minimum absolute atomic E-state index is 0.196. The Bertz CT molecular complexity index is 308. The van der Waals surface area contributed by atoms with Crippen LogP contribution in [0.2, 0.25) is 0 Å². The minimum atomic E-state index is -0.764. The Morgan fingerprint density at radius 3 is 2.59 bits per heavy atom. The van der Waals surface area contributed by atoms with Gasteiger partial charge in [0, 0.05) is 0 Å². The molecule has 1 aliphatic rings. The highest BCUT2D eigenvalue weighted by molar-refractivity contribution is 5.70. The van der Waals surface area contributed by atoms with Crippen LogP contribution in [0, 0.1) is 29.6 Å². The van der Waals surface area contributed by atoms with Crippen LogP contribution in [0.1, 0.15) is 40.0 Å². The van der Waals surface area contributed by atoms with E-state index in [2.05, 4.69) is 26.7 Å². The molecule has 0 heterocycles. The SMILES string of the molecule is C#CCOC1CC(C(C)(C)C)CCC1C(=O)O. The lowest BCUT2D eigenvalue weighted by molar-refractivity contribution is -0.151. The molecule has 0 aliphatic heterocycles. The molecule has 0 amide bonds. The number of ether oxygens (including phenoxy) is 1. The normalized spacial score (nSPS) is 29.6. The zero-order valence-electron chi connectivity index (χ0n) is 10.9. The van der Waals surface area contributed by atoms with Crippen molar-refractivity contribution in [2.75, 3.05) is 6.61 Å². The number of aliphatic carboxylic acids is 1. The second-order valence-corrected chi connectivity index (χ2v) is 5.87. The summed E-state index contributed by atoms with van der Waals surface area (Å²) < 4.78 is 5.51. The van der Waals surface area contributed by atoms with Gasteiger partial charge in [0.2, 0.25) is 0 Å². The third-order valence-electron chi connectivity index (χ3n) is 3.71. The molecule has 0 radical (unpaired) electrons. The van der Waals surface area contributed by atoms with Gasteiger partial charge in [0.15, 0.2) is 0 Å². The van der Waals surface area contributed by atoms with Crippen molar-refractivity contribution in [3.05, 3.63) is 0 Å². The molecule has 17 heavy (non-hydrogen) atoms. The van der Waals surface area contributed by atoms with Crippen LogP contribution in [0.3, 0.4) is 0 Å². The van der Waals surface area contributed by atoms with Crippen molar-refractivity contribution in [1.29, 1.82) is 0 Å². The molecule has 3 heteroatoms. The number of carbonyl (C=O) groups is 1. The van der Waals surface area contributed by atoms with Gasteiger partial charge in [-0.3, -0.25) is 4.79 Å². The predicted octanol–water partition coefficient (Wildman–Crippen LogP) is 2.55. The van der Waals surface area contributed by atoms with E-state index in [4.69, 9.17) is 16.3 Å². The summed E-state index contributed by atoms with van der Waals surface area (Å²) in [6, 6.07) is 0. The molecule has 3 unspecified atom stereocenters. The molecule has 0 spiro atoms. The van der Waals surface area contributed by atoms with E-state index in [0.717, 1.165) is 12.8 Å². The fourth-order valence-corrected chi connectivity index (χ4v) is 2.54. The van der Waals surface area contributed by atoms with E-state index < -0.39 is 11.9 Å². The van der Waals surface area contributed by atoms with Gasteiger partial charge in [-0.05, 0) is 30.6 Å². The first kappa shape index (κ1) is 14.1. The summed E-state index contributed by atoms with van der Waals surface area (Å²) in [6.45, 7) is 6.77. The number of terminal acetylenes is 1. The summed E-state index contributed by atoms with van der Waals surface area (Å²) in [7, 11) is 0. The Morgan fingerprint density at radius 1 is 1.47 bits per heavy atom. The van der Waals surface area contributed by atoms with E-state index in [0.29, 0.717) is 12.3 Å². The smallest absolute Gasteiger partial charge is 0.309 e. The van der Waals surface area contributed by atoms with Crippen molar-refractivity contribution in [3.8, 4) is 12.3 Å². The van der Waals surface area contributed by atoms with Crippen LogP contribution < -0.4 is 0 Å². The van der Waals surface area contributed by atoms with Gasteiger partial charge in [-0.25, -0.2) is 0 Å². The van der Waals surface area contributed by atoms with E-state index in [9.17, 15) is 4.79 Å². The van der Waals surface area contributed by atoms with Crippen LogP contribution in [-0.2, 0) is 9.53 Å². The molecule has 0 saturated heterocycles. The Kier molecular flexibility index (Phi) is 4.59. The zero-order valence-corrected chi connectivity index (χ0v) is 10.9. The molecule has 3 nitrogen and oxygen atoms in total. The monoisotopic (exact) mass is 238 g/mol. The lowest BCUT2D eigenvalue weighted by atomic mass is 9.68. The highest BCUT2D eigenvalue weighted by Gasteiger charge is 2.39. The third-order valence-corrected chi connectivity index (χ3v) is 3.71. The molecule has 1 fully saturated rings. The Hall–Kier alpha value is -1.01. The largest absolute Gasteiger partial charge is 0.481 e. The van der Waals surface area contributed by atoms with Crippen molar-refractivity contribution in [2.24, 2.45) is 17.3 Å². The van der Waals surface area contributed by atoms with Gasteiger partial charge in [-0.15, -0.1) is 6.42 Å². The second kappa shape index (κ2) is 5.55. The maximum Gasteiger partial charge on any atom is 0.309 e. The van der Waals surface area contributed by atoms with E-state index in [1.165, 1.54) is 0 Å². The zero-order chi connectivity index (χ0) is 13.1. The maximum absolute atomic E-state index is 11.2. The molecule has 96 valence electrons. The molecule has 1 aliphatic carbocycles. The highest BCUT2D eigenvalue weighted by atomic mass is 16.5. The first-order chi connectivity index (χ1) is 7.86. The Morgan fingerprint density at radius 2 is 2.12 bits per heavy atom. The minimum Gasteiger partial charge on any atom is -0.481 e. The van der Waals surface area contributed by atoms with Crippen molar-refractivity contribution in [3.63, 3.8) is 0 Å². The third kappa shape index (κ3) is 3.74. The molecule has 0 aromatic rings. The topological polar surface area (TPSA) is 46.5 Å². The Balaban J connectivity index is 2.70. The van der Waals surface area contributed by atoms with Gasteiger partial charge in [-0.2, -0.15) is 0 Å². The molecule has 0 aromatic heterocycles. The van der Waals surface area contributed by atoms with Crippen molar-refractivity contribution in [2.45, 2.75) is 46.1 Å². The van der Waals surface area contributed by atoms with Crippen LogP contribution in [0.25, 0.3) is 0 Å². The fraction of sp³-hybridized carbons (Fsp3) is 0.786. The molecule has 1 rings (SSSR count). The first-order valence-electron chi connectivity index (χ1n) is 6.14. The number of rotatable bonds is 3. The average Bonchev–Trinajstić information content (AvgIpc) is 2.24. The van der Waals surface area contributed by atoms with E-state index in [1.54, 1.807) is 0 Å². The lowest BCUT2D eigenvalue weighted by Gasteiger charge is -2.40. The Labute approximate surface area is 104 Å². The molecular weight excluding hydrogens is 216 g/mol. The van der Waals surface area contributed by atoms with Crippen molar-refractivity contribution in [1.82, 2.24) is 0 Å². The number of carboxylic acids is 1. The highest BCUT2D eigenvalue weighted by Crippen LogP contribution is 2.41. The quantitative estimate of drug-likeness (QED) is 0.769. The van der Waals surface area contributed by atoms with Crippen LogP contribution in [0.5, 0.6) is 0 Å². The van der Waals surface area contributed by atoms with E-state index in [1.807, 2.05) is 0 Å². The molecule has 1 saturated carbocycles. The van der Waals surface area contributed by atoms with Crippen molar-refractivity contribution >= 4 is 5.97 Å². The lowest BCUT2D eigenvalue weighted by Crippen LogP contribution is -2.40. The first-order valence-corrected chi connectivity index (χ1v) is 6.14. The number of hydrogen-bond acceptors (Lipinski definition) is 2. The van der Waals surface area contributed by atoms with E-state index >= 15 is 0 Å². The van der Waals surface area contributed by atoms with Gasteiger partial charge in [-0.1, -0.05) is 26.7 Å². The summed E-state index contributed by atoms with van der Waals surface area (Å²) in [5.74, 6) is 1.75. The summed E-state index contributed by atoms with van der Waals surface area (Å²) in [5.41, 5.74) is 0.196. The number of carboxylic acid groups (broad SMARTS) is 1. The summed E-state index contributed by atoms with van der Waals surface area (Å²) in [4.78, 5) is 11.2. The van der Waals surface area contributed by atoms with Crippen LogP contribution >= 0.6 is 0 Å². The fourth-order valence-electron chi connectivity index (χ4n) is 2.54. The van der Waals surface area contributed by atoms with Gasteiger partial charge in [0.1, 0.15) is 6.61 Å². The summed E-state index contributed by atoms with van der Waals surface area (Å²) >= 11 is 0. The van der Waals surface area contributed by atoms with Gasteiger partial charge >= 0.3 is 5.97 Å². The second-order valence-electron chi connectivity index (χ2n) is 5.87. The van der Waals surface area contributed by atoms with Gasteiger partial charge in [0.25, 0.3) is 0 Å². The number of hydrogen-bond donors (Lipinski definition) is 1. The van der Waals surface area contributed by atoms with Crippen molar-refractivity contribution < 1.29 is 14.6 Å². The average molecular weight is 238 g/mol. The van der Waals surface area contributed by atoms with Crippen LogP contribution in [0.4, 0.5) is 0 Å². The molecule has 0 bridgehead atoms. The molecule has 3 atom stereocenters. The maximum atomic E-state index is 11.2. The standard InChI is InChI=1S/C14H22O3/c1-5-8-17-12-9-10(14(2,3)4)6-7-11(12)13(15)16/h1,10-12H,6-9H2,2-4H3,(H,15,16). The molecule has 1 N–H and O–H groups in total. The summed E-state index contributed by atoms with van der Waals surface area (Å²) in [6.07, 6.45) is 7.37. The van der Waals surface area contributed by atoms with Gasteiger partial charge in [0.05, 0.1) is 12.0 Å². The van der Waals surface area contributed by atoms with Crippen LogP contribution in [-0.4, -0.2) is 23.8 Å². The molecule has 0 aromatic carbocycles. The van der Waals surface area contributed by atoms with E-state index in [-0.39, 0.29) is 18.1 Å².